The second kappa shape index (κ2) is 5.14. The van der Waals surface area contributed by atoms with Gasteiger partial charge in [-0.3, -0.25) is 9.59 Å². The van der Waals surface area contributed by atoms with Crippen molar-refractivity contribution in [3.8, 4) is 11.5 Å². The number of aromatic hydroxyl groups is 1. The summed E-state index contributed by atoms with van der Waals surface area (Å²) in [7, 11) is 1.34. The Hall–Kier alpha value is -2.22. The average Bonchev–Trinajstić information content (AvgIpc) is 2.53. The van der Waals surface area contributed by atoms with Gasteiger partial charge in [-0.05, 0) is 13.0 Å². The van der Waals surface area contributed by atoms with Gasteiger partial charge in [0.25, 0.3) is 0 Å². The molecule has 24 heavy (non-hydrogen) atoms. The summed E-state index contributed by atoms with van der Waals surface area (Å²) >= 11 is 0. The van der Waals surface area contributed by atoms with Gasteiger partial charge >= 0.3 is 0 Å². The number of benzene rings is 1. The Kier molecular flexibility index (Phi) is 3.56. The van der Waals surface area contributed by atoms with Crippen molar-refractivity contribution in [2.24, 2.45) is 5.92 Å². The lowest BCUT2D eigenvalue weighted by molar-refractivity contribution is -0.114. The zero-order valence-corrected chi connectivity index (χ0v) is 13.4. The topological polar surface area (TPSA) is 124 Å². The number of aliphatic hydroxyl groups excluding tert-OH is 2. The van der Waals surface area contributed by atoms with Crippen LogP contribution < -0.4 is 4.74 Å². The molecule has 4 N–H and O–H groups in total. The standard InChI is InChI=1S/C17H18O7/c1-6-13(19)11-12(16(22)17(6,2)23)14(20)8-4-7(24-3)5-9(18)10(8)15(11)21/h4-6,13,16,18-19,22-23H,1-3H3/t6-,13+,16-,17-/m1/s1. The van der Waals surface area contributed by atoms with Gasteiger partial charge in [-0.1, -0.05) is 6.92 Å². The number of hydrogen-bond donors (Lipinski definition) is 4. The number of phenolic OH excluding ortho intramolecular Hbond substituents is 1. The van der Waals surface area contributed by atoms with Gasteiger partial charge in [0.1, 0.15) is 17.6 Å². The molecule has 0 amide bonds. The summed E-state index contributed by atoms with van der Waals surface area (Å²) in [6, 6.07) is 2.48. The second-order valence-corrected chi connectivity index (χ2v) is 6.42. The zero-order chi connectivity index (χ0) is 18.0. The SMILES string of the molecule is COc1cc(O)c2c(c1)C(=O)C1=C(C2=O)[C@@H](O)[C@@H](C)[C@@](C)(O)[C@@H]1O. The maximum Gasteiger partial charge on any atom is 0.196 e. The van der Waals surface area contributed by atoms with E-state index < -0.39 is 41.0 Å². The fraction of sp³-hybridized carbons (Fsp3) is 0.412. The van der Waals surface area contributed by atoms with Crippen LogP contribution in [-0.4, -0.2) is 56.9 Å². The van der Waals surface area contributed by atoms with Crippen molar-refractivity contribution in [3.63, 3.8) is 0 Å². The molecule has 0 aromatic heterocycles. The van der Waals surface area contributed by atoms with Crippen molar-refractivity contribution in [2.75, 3.05) is 7.11 Å². The fourth-order valence-electron chi connectivity index (χ4n) is 3.34. The Bertz CT molecular complexity index is 790. The number of aliphatic hydroxyl groups is 3. The molecule has 0 radical (unpaired) electrons. The molecule has 0 aliphatic heterocycles. The maximum atomic E-state index is 12.8. The van der Waals surface area contributed by atoms with E-state index in [-0.39, 0.29) is 28.0 Å². The summed E-state index contributed by atoms with van der Waals surface area (Å²) < 4.78 is 4.99. The number of fused-ring (bicyclic) bond motifs is 1. The highest BCUT2D eigenvalue weighted by Gasteiger charge is 2.54. The van der Waals surface area contributed by atoms with Crippen LogP contribution in [-0.2, 0) is 0 Å². The Morgan fingerprint density at radius 2 is 1.75 bits per heavy atom. The number of methoxy groups -OCH3 is 1. The Balaban J connectivity index is 2.29. The second-order valence-electron chi connectivity index (χ2n) is 6.42. The van der Waals surface area contributed by atoms with E-state index in [0.717, 1.165) is 0 Å². The first kappa shape index (κ1) is 16.6. The third-order valence-electron chi connectivity index (χ3n) is 5.10. The van der Waals surface area contributed by atoms with E-state index in [2.05, 4.69) is 0 Å². The number of carbonyl (C=O) groups is 2. The van der Waals surface area contributed by atoms with E-state index >= 15 is 0 Å². The molecule has 0 spiro atoms. The predicted molar refractivity (Wildman–Crippen MR) is 82.1 cm³/mol. The van der Waals surface area contributed by atoms with Gasteiger partial charge in [0.2, 0.25) is 0 Å². The quantitative estimate of drug-likeness (QED) is 0.578. The Labute approximate surface area is 137 Å². The van der Waals surface area contributed by atoms with E-state index in [1.807, 2.05) is 0 Å². The largest absolute Gasteiger partial charge is 0.507 e. The monoisotopic (exact) mass is 334 g/mol. The molecular weight excluding hydrogens is 316 g/mol. The van der Waals surface area contributed by atoms with Crippen molar-refractivity contribution in [1.29, 1.82) is 0 Å². The van der Waals surface area contributed by atoms with E-state index in [1.54, 1.807) is 0 Å². The van der Waals surface area contributed by atoms with Crippen molar-refractivity contribution >= 4 is 11.6 Å². The smallest absolute Gasteiger partial charge is 0.196 e. The first-order valence-electron chi connectivity index (χ1n) is 7.45. The van der Waals surface area contributed by atoms with Crippen molar-refractivity contribution < 1.29 is 34.8 Å². The van der Waals surface area contributed by atoms with Gasteiger partial charge in [0.05, 0.1) is 24.4 Å². The van der Waals surface area contributed by atoms with E-state index in [0.29, 0.717) is 0 Å². The summed E-state index contributed by atoms with van der Waals surface area (Å²) in [5.41, 5.74) is -2.77. The number of ketones is 2. The average molecular weight is 334 g/mol. The lowest BCUT2D eigenvalue weighted by Crippen LogP contribution is -2.57. The van der Waals surface area contributed by atoms with E-state index in [1.165, 1.54) is 33.1 Å². The molecule has 0 unspecified atom stereocenters. The molecule has 128 valence electrons. The third kappa shape index (κ3) is 1.95. The van der Waals surface area contributed by atoms with Crippen LogP contribution in [0.2, 0.25) is 0 Å². The van der Waals surface area contributed by atoms with E-state index in [9.17, 15) is 30.0 Å². The number of ether oxygens (including phenoxy) is 1. The molecule has 1 aromatic rings. The van der Waals surface area contributed by atoms with Crippen molar-refractivity contribution in [2.45, 2.75) is 31.7 Å². The van der Waals surface area contributed by atoms with Crippen LogP contribution in [0.1, 0.15) is 34.6 Å². The van der Waals surface area contributed by atoms with Gasteiger partial charge in [-0.2, -0.15) is 0 Å². The molecule has 0 fully saturated rings. The van der Waals surface area contributed by atoms with Crippen LogP contribution in [0.5, 0.6) is 11.5 Å². The highest BCUT2D eigenvalue weighted by atomic mass is 16.5. The lowest BCUT2D eigenvalue weighted by Gasteiger charge is -2.44. The molecule has 4 atom stereocenters. The van der Waals surface area contributed by atoms with Crippen LogP contribution >= 0.6 is 0 Å². The molecule has 0 bridgehead atoms. The minimum atomic E-state index is -1.79. The summed E-state index contributed by atoms with van der Waals surface area (Å²) in [6.07, 6.45) is -3.08. The van der Waals surface area contributed by atoms with Gasteiger partial charge in [0.15, 0.2) is 11.6 Å². The molecule has 0 saturated carbocycles. The fourth-order valence-corrected chi connectivity index (χ4v) is 3.34. The van der Waals surface area contributed by atoms with Crippen LogP contribution in [0, 0.1) is 5.92 Å². The first-order valence-corrected chi connectivity index (χ1v) is 7.45. The summed E-state index contributed by atoms with van der Waals surface area (Å²) in [5.74, 6) is -2.63. The van der Waals surface area contributed by atoms with E-state index in [4.69, 9.17) is 4.74 Å². The van der Waals surface area contributed by atoms with Crippen LogP contribution in [0.4, 0.5) is 0 Å². The summed E-state index contributed by atoms with van der Waals surface area (Å²) in [6.45, 7) is 2.77. The Morgan fingerprint density at radius 1 is 1.12 bits per heavy atom. The summed E-state index contributed by atoms with van der Waals surface area (Å²) in [5, 5.41) is 41.4. The van der Waals surface area contributed by atoms with Gasteiger partial charge in [0, 0.05) is 28.7 Å². The normalized spacial score (nSPS) is 32.5. The lowest BCUT2D eigenvalue weighted by atomic mass is 9.65. The van der Waals surface area contributed by atoms with Gasteiger partial charge in [-0.25, -0.2) is 0 Å². The minimum Gasteiger partial charge on any atom is -0.507 e. The van der Waals surface area contributed by atoms with Crippen molar-refractivity contribution in [3.05, 3.63) is 34.4 Å². The number of Topliss-reactive ketones (excluding diaryl/α,β-unsaturated/α-hetero) is 2. The number of rotatable bonds is 1. The molecule has 3 rings (SSSR count). The zero-order valence-electron chi connectivity index (χ0n) is 13.4. The number of phenols is 1. The highest BCUT2D eigenvalue weighted by Crippen LogP contribution is 2.45. The molecule has 0 saturated heterocycles. The minimum absolute atomic E-state index is 0.132. The summed E-state index contributed by atoms with van der Waals surface area (Å²) in [4.78, 5) is 25.6. The van der Waals surface area contributed by atoms with Gasteiger partial charge in [-0.15, -0.1) is 0 Å². The van der Waals surface area contributed by atoms with Crippen molar-refractivity contribution in [1.82, 2.24) is 0 Å². The Morgan fingerprint density at radius 3 is 2.33 bits per heavy atom. The highest BCUT2D eigenvalue weighted by molar-refractivity contribution is 6.29. The molecule has 7 heteroatoms. The third-order valence-corrected chi connectivity index (χ3v) is 5.10. The molecule has 0 heterocycles. The number of hydrogen-bond acceptors (Lipinski definition) is 7. The molecule has 7 nitrogen and oxygen atoms in total. The van der Waals surface area contributed by atoms with Gasteiger partial charge < -0.3 is 25.2 Å². The molecular formula is C17H18O7. The predicted octanol–water partition coefficient (Wildman–Crippen LogP) is 0.199. The maximum absolute atomic E-state index is 12.8. The van der Waals surface area contributed by atoms with Crippen LogP contribution in [0.25, 0.3) is 0 Å². The van der Waals surface area contributed by atoms with Crippen LogP contribution in [0.3, 0.4) is 0 Å². The number of carbonyl (C=O) groups excluding carboxylic acids is 2. The molecule has 2 aliphatic rings. The first-order chi connectivity index (χ1) is 11.1. The molecule has 2 aliphatic carbocycles. The van der Waals surface area contributed by atoms with Crippen LogP contribution in [0.15, 0.2) is 23.3 Å². The molecule has 1 aromatic carbocycles.